The van der Waals surface area contributed by atoms with Crippen LogP contribution in [0.1, 0.15) is 24.6 Å². The predicted octanol–water partition coefficient (Wildman–Crippen LogP) is 3.43. The highest BCUT2D eigenvalue weighted by molar-refractivity contribution is 7.13. The van der Waals surface area contributed by atoms with Crippen molar-refractivity contribution in [2.45, 2.75) is 19.8 Å². The number of amides is 1. The van der Waals surface area contributed by atoms with Crippen LogP contribution >= 0.6 is 11.3 Å². The van der Waals surface area contributed by atoms with Gasteiger partial charge in [-0.2, -0.15) is 0 Å². The van der Waals surface area contributed by atoms with Crippen molar-refractivity contribution < 1.29 is 18.7 Å². The van der Waals surface area contributed by atoms with E-state index < -0.39 is 0 Å². The fraction of sp³-hybridized carbons (Fsp3) is 0.235. The number of halogens is 1. The molecule has 1 aromatic heterocycles. The number of carbonyl (C=O) groups excluding carboxylic acids is 2. The lowest BCUT2D eigenvalue weighted by molar-refractivity contribution is -0.142. The Morgan fingerprint density at radius 2 is 2.08 bits per heavy atom. The van der Waals surface area contributed by atoms with Crippen LogP contribution < -0.4 is 5.32 Å². The first-order chi connectivity index (χ1) is 11.6. The number of hydrogen-bond acceptors (Lipinski definition) is 5. The summed E-state index contributed by atoms with van der Waals surface area (Å²) in [6, 6.07) is 5.99. The number of rotatable bonds is 7. The Balaban J connectivity index is 1.81. The van der Waals surface area contributed by atoms with E-state index in [9.17, 15) is 14.0 Å². The molecule has 0 unspecified atom stereocenters. The molecule has 0 atom stereocenters. The second-order valence-electron chi connectivity index (χ2n) is 4.83. The van der Waals surface area contributed by atoms with Crippen molar-refractivity contribution in [1.82, 2.24) is 4.98 Å². The van der Waals surface area contributed by atoms with Gasteiger partial charge in [-0.1, -0.05) is 24.3 Å². The summed E-state index contributed by atoms with van der Waals surface area (Å²) in [6.07, 6.45) is 3.69. The zero-order valence-corrected chi connectivity index (χ0v) is 13.9. The predicted molar refractivity (Wildman–Crippen MR) is 91.1 cm³/mol. The Labute approximate surface area is 143 Å². The number of esters is 1. The van der Waals surface area contributed by atoms with Gasteiger partial charge in [-0.3, -0.25) is 9.59 Å². The molecule has 0 aliphatic heterocycles. The summed E-state index contributed by atoms with van der Waals surface area (Å²) >= 11 is 1.25. The number of ether oxygens (including phenoxy) is 1. The topological polar surface area (TPSA) is 68.3 Å². The molecular formula is C17H17FN2O3S. The summed E-state index contributed by atoms with van der Waals surface area (Å²) in [7, 11) is 0. The van der Waals surface area contributed by atoms with Gasteiger partial charge in [0.1, 0.15) is 5.82 Å². The lowest BCUT2D eigenvalue weighted by Crippen LogP contribution is -2.10. The second-order valence-corrected chi connectivity index (χ2v) is 5.69. The highest BCUT2D eigenvalue weighted by Crippen LogP contribution is 2.16. The minimum Gasteiger partial charge on any atom is -0.466 e. The van der Waals surface area contributed by atoms with Crippen LogP contribution in [0.5, 0.6) is 0 Å². The van der Waals surface area contributed by atoms with E-state index in [2.05, 4.69) is 10.3 Å². The molecule has 1 aromatic carbocycles. The molecule has 0 fully saturated rings. The van der Waals surface area contributed by atoms with Crippen molar-refractivity contribution in [2.24, 2.45) is 0 Å². The first-order valence-electron chi connectivity index (χ1n) is 7.39. The van der Waals surface area contributed by atoms with Crippen LogP contribution in [0.25, 0.3) is 6.08 Å². The molecule has 7 heteroatoms. The van der Waals surface area contributed by atoms with Gasteiger partial charge in [0.05, 0.1) is 18.7 Å². The maximum Gasteiger partial charge on any atom is 0.311 e. The van der Waals surface area contributed by atoms with E-state index in [0.29, 0.717) is 17.4 Å². The first kappa shape index (κ1) is 17.8. The zero-order valence-electron chi connectivity index (χ0n) is 13.1. The summed E-state index contributed by atoms with van der Waals surface area (Å²) in [5.41, 5.74) is 1.38. The summed E-state index contributed by atoms with van der Waals surface area (Å²) in [5.74, 6) is -0.861. The van der Waals surface area contributed by atoms with Gasteiger partial charge in [-0.25, -0.2) is 9.37 Å². The van der Waals surface area contributed by atoms with Crippen LogP contribution in [-0.4, -0.2) is 23.5 Å². The molecule has 0 saturated carbocycles. The number of nitrogens with zero attached hydrogens (tertiary/aromatic N) is 1. The maximum atomic E-state index is 12.8. The third kappa shape index (κ3) is 5.92. The van der Waals surface area contributed by atoms with E-state index in [-0.39, 0.29) is 30.5 Å². The SMILES string of the molecule is CCOC(=O)Cc1csc(NC(=O)C/C=C\c2ccc(F)cc2)n1. The van der Waals surface area contributed by atoms with Gasteiger partial charge in [0.2, 0.25) is 5.91 Å². The van der Waals surface area contributed by atoms with Gasteiger partial charge in [-0.15, -0.1) is 11.3 Å². The number of carbonyl (C=O) groups is 2. The van der Waals surface area contributed by atoms with Crippen molar-refractivity contribution >= 4 is 34.4 Å². The number of benzene rings is 1. The molecule has 24 heavy (non-hydrogen) atoms. The Hall–Kier alpha value is -2.54. The van der Waals surface area contributed by atoms with E-state index in [1.807, 2.05) is 0 Å². The standard InChI is InChI=1S/C17H17FN2O3S/c1-2-23-16(22)10-14-11-24-17(19-14)20-15(21)5-3-4-12-6-8-13(18)9-7-12/h3-4,6-9,11H,2,5,10H2,1H3,(H,19,20,21)/b4-3-. The molecule has 1 N–H and O–H groups in total. The molecule has 1 amide bonds. The van der Waals surface area contributed by atoms with Gasteiger partial charge >= 0.3 is 5.97 Å². The quantitative estimate of drug-likeness (QED) is 0.779. The molecule has 2 rings (SSSR count). The minimum absolute atomic E-state index is 0.0880. The summed E-state index contributed by atoms with van der Waals surface area (Å²) < 4.78 is 17.6. The highest BCUT2D eigenvalue weighted by Gasteiger charge is 2.09. The lowest BCUT2D eigenvalue weighted by Gasteiger charge is -1.99. The molecular weight excluding hydrogens is 331 g/mol. The van der Waals surface area contributed by atoms with Crippen LogP contribution in [0.3, 0.4) is 0 Å². The summed E-state index contributed by atoms with van der Waals surface area (Å²) in [5, 5.41) is 4.82. The van der Waals surface area contributed by atoms with Crippen LogP contribution in [0.2, 0.25) is 0 Å². The Kier molecular flexibility index (Phi) is 6.62. The molecule has 5 nitrogen and oxygen atoms in total. The van der Waals surface area contributed by atoms with E-state index in [1.54, 1.807) is 36.6 Å². The van der Waals surface area contributed by atoms with E-state index >= 15 is 0 Å². The van der Waals surface area contributed by atoms with Crippen molar-refractivity contribution in [1.29, 1.82) is 0 Å². The monoisotopic (exact) mass is 348 g/mol. The van der Waals surface area contributed by atoms with E-state index in [4.69, 9.17) is 4.74 Å². The van der Waals surface area contributed by atoms with Gasteiger partial charge in [0, 0.05) is 11.8 Å². The fourth-order valence-corrected chi connectivity index (χ4v) is 2.58. The van der Waals surface area contributed by atoms with Crippen LogP contribution in [-0.2, 0) is 20.7 Å². The Morgan fingerprint density at radius 1 is 1.33 bits per heavy atom. The Morgan fingerprint density at radius 3 is 2.79 bits per heavy atom. The Bertz CT molecular complexity index is 726. The third-order valence-electron chi connectivity index (χ3n) is 2.91. The van der Waals surface area contributed by atoms with Crippen LogP contribution in [0.15, 0.2) is 35.7 Å². The van der Waals surface area contributed by atoms with Gasteiger partial charge in [0.15, 0.2) is 5.13 Å². The van der Waals surface area contributed by atoms with Gasteiger partial charge < -0.3 is 10.1 Å². The second kappa shape index (κ2) is 8.93. The molecule has 0 aliphatic carbocycles. The number of nitrogens with one attached hydrogen (secondary N) is 1. The summed E-state index contributed by atoms with van der Waals surface area (Å²) in [6.45, 7) is 2.07. The van der Waals surface area contributed by atoms with Crippen LogP contribution in [0, 0.1) is 5.82 Å². The molecule has 0 spiro atoms. The average molecular weight is 348 g/mol. The summed E-state index contributed by atoms with van der Waals surface area (Å²) in [4.78, 5) is 27.4. The largest absolute Gasteiger partial charge is 0.466 e. The molecule has 0 radical (unpaired) electrons. The maximum absolute atomic E-state index is 12.8. The molecule has 0 bridgehead atoms. The van der Waals surface area contributed by atoms with Crippen molar-refractivity contribution in [3.8, 4) is 0 Å². The van der Waals surface area contributed by atoms with Crippen molar-refractivity contribution in [3.05, 3.63) is 52.8 Å². The zero-order chi connectivity index (χ0) is 17.4. The minimum atomic E-state index is -0.345. The van der Waals surface area contributed by atoms with Gasteiger partial charge in [-0.05, 0) is 24.6 Å². The highest BCUT2D eigenvalue weighted by atomic mass is 32.1. The molecule has 0 aliphatic rings. The molecule has 0 saturated heterocycles. The normalized spacial score (nSPS) is 10.8. The number of hydrogen-bond donors (Lipinski definition) is 1. The van der Waals surface area contributed by atoms with Gasteiger partial charge in [0.25, 0.3) is 0 Å². The molecule has 2 aromatic rings. The number of aromatic nitrogens is 1. The lowest BCUT2D eigenvalue weighted by atomic mass is 10.2. The number of anilines is 1. The van der Waals surface area contributed by atoms with E-state index in [0.717, 1.165) is 5.56 Å². The molecule has 1 heterocycles. The van der Waals surface area contributed by atoms with Crippen molar-refractivity contribution in [3.63, 3.8) is 0 Å². The smallest absolute Gasteiger partial charge is 0.311 e. The average Bonchev–Trinajstić information content (AvgIpc) is 2.96. The number of thiazole rings is 1. The fourth-order valence-electron chi connectivity index (χ4n) is 1.85. The van der Waals surface area contributed by atoms with E-state index in [1.165, 1.54) is 23.5 Å². The van der Waals surface area contributed by atoms with Crippen molar-refractivity contribution in [2.75, 3.05) is 11.9 Å². The first-order valence-corrected chi connectivity index (χ1v) is 8.26. The molecule has 126 valence electrons. The third-order valence-corrected chi connectivity index (χ3v) is 3.72. The van der Waals surface area contributed by atoms with Crippen LogP contribution in [0.4, 0.5) is 9.52 Å².